The zero-order valence-corrected chi connectivity index (χ0v) is 10.4. The Morgan fingerprint density at radius 1 is 1.39 bits per heavy atom. The maximum atomic E-state index is 11.5. The number of aliphatic hydroxyl groups excluding tert-OH is 1. The summed E-state index contributed by atoms with van der Waals surface area (Å²) in [5.74, 6) is -0.985. The average molecular weight is 260 g/mol. The number of hydrogen-bond acceptors (Lipinski definition) is 4. The van der Waals surface area contributed by atoms with Gasteiger partial charge in [-0.15, -0.1) is 0 Å². The molecule has 1 saturated heterocycles. The molecule has 1 aliphatic heterocycles. The van der Waals surface area contributed by atoms with Crippen LogP contribution < -0.4 is 10.6 Å². The van der Waals surface area contributed by atoms with E-state index in [9.17, 15) is 9.59 Å². The Morgan fingerprint density at radius 3 is 2.56 bits per heavy atom. The van der Waals surface area contributed by atoms with E-state index in [1.165, 1.54) is 0 Å². The fourth-order valence-corrected chi connectivity index (χ4v) is 1.87. The number of urea groups is 1. The van der Waals surface area contributed by atoms with Crippen molar-refractivity contribution in [3.8, 4) is 0 Å². The summed E-state index contributed by atoms with van der Waals surface area (Å²) >= 11 is 0. The van der Waals surface area contributed by atoms with Crippen LogP contribution in [0.1, 0.15) is 19.8 Å². The molecule has 1 unspecified atom stereocenters. The lowest BCUT2D eigenvalue weighted by Crippen LogP contribution is -2.47. The second kappa shape index (κ2) is 7.17. The van der Waals surface area contributed by atoms with Crippen LogP contribution in [0.25, 0.3) is 0 Å². The van der Waals surface area contributed by atoms with Gasteiger partial charge in [-0.05, 0) is 25.7 Å². The molecule has 18 heavy (non-hydrogen) atoms. The fraction of sp³-hybridized carbons (Fsp3) is 0.818. The molecule has 104 valence electrons. The molecule has 0 bridgehead atoms. The highest BCUT2D eigenvalue weighted by Crippen LogP contribution is 2.18. The van der Waals surface area contributed by atoms with Gasteiger partial charge in [0.25, 0.3) is 0 Å². The van der Waals surface area contributed by atoms with E-state index in [1.54, 1.807) is 0 Å². The van der Waals surface area contributed by atoms with Gasteiger partial charge < -0.3 is 25.6 Å². The van der Waals surface area contributed by atoms with Crippen molar-refractivity contribution in [2.75, 3.05) is 19.8 Å². The molecule has 2 atom stereocenters. The lowest BCUT2D eigenvalue weighted by Gasteiger charge is -2.28. The minimum absolute atomic E-state index is 0.00382. The molecule has 7 nitrogen and oxygen atoms in total. The first-order valence-corrected chi connectivity index (χ1v) is 6.03. The van der Waals surface area contributed by atoms with E-state index in [-0.39, 0.29) is 12.6 Å². The van der Waals surface area contributed by atoms with Gasteiger partial charge in [0.2, 0.25) is 0 Å². The van der Waals surface area contributed by atoms with Gasteiger partial charge in [0.05, 0.1) is 6.54 Å². The summed E-state index contributed by atoms with van der Waals surface area (Å²) in [6.45, 7) is 3.01. The van der Waals surface area contributed by atoms with Crippen LogP contribution in [0.4, 0.5) is 4.79 Å². The van der Waals surface area contributed by atoms with E-state index >= 15 is 0 Å². The van der Waals surface area contributed by atoms with Gasteiger partial charge in [-0.3, -0.25) is 0 Å². The Morgan fingerprint density at radius 2 is 2.00 bits per heavy atom. The highest BCUT2D eigenvalue weighted by atomic mass is 16.5. The third kappa shape index (κ3) is 4.89. The quantitative estimate of drug-likeness (QED) is 0.535. The number of aliphatic hydroxyl groups is 1. The molecule has 0 saturated carbocycles. The van der Waals surface area contributed by atoms with Crippen LogP contribution in [-0.4, -0.2) is 54.1 Å². The highest BCUT2D eigenvalue weighted by Gasteiger charge is 2.22. The standard InChI is InChI=1S/C11H20N2O5/c1-7(8-2-4-18-5-3-8)13-11(17)12-6-9(14)10(15)16/h7-9,14H,2-6H2,1H3,(H,15,16)(H2,12,13,17)/t7?,9-/m0/s1. The molecular formula is C11H20N2O5. The summed E-state index contributed by atoms with van der Waals surface area (Å²) in [5, 5.41) is 22.5. The Kier molecular flexibility index (Phi) is 5.87. The Hall–Kier alpha value is -1.34. The van der Waals surface area contributed by atoms with Gasteiger partial charge in [-0.25, -0.2) is 9.59 Å². The molecule has 0 aromatic carbocycles. The number of carboxylic acid groups (broad SMARTS) is 1. The normalized spacial score (nSPS) is 19.9. The SMILES string of the molecule is CC(NC(=O)NC[C@H](O)C(=O)O)C1CCOCC1. The topological polar surface area (TPSA) is 108 Å². The van der Waals surface area contributed by atoms with E-state index in [2.05, 4.69) is 10.6 Å². The second-order valence-corrected chi connectivity index (χ2v) is 4.45. The van der Waals surface area contributed by atoms with E-state index in [4.69, 9.17) is 14.9 Å². The number of carbonyl (C=O) groups is 2. The van der Waals surface area contributed by atoms with E-state index < -0.39 is 18.1 Å². The molecule has 0 aliphatic carbocycles. The molecule has 0 spiro atoms. The van der Waals surface area contributed by atoms with Crippen molar-refractivity contribution in [1.29, 1.82) is 0 Å². The molecule has 2 amide bonds. The molecule has 7 heteroatoms. The largest absolute Gasteiger partial charge is 0.479 e. The Labute approximate surface area is 106 Å². The van der Waals surface area contributed by atoms with Gasteiger partial charge in [-0.1, -0.05) is 0 Å². The van der Waals surface area contributed by atoms with Crippen LogP contribution in [0.15, 0.2) is 0 Å². The fourth-order valence-electron chi connectivity index (χ4n) is 1.87. The van der Waals surface area contributed by atoms with Crippen LogP contribution in [0.5, 0.6) is 0 Å². The summed E-state index contributed by atoms with van der Waals surface area (Å²) in [6, 6.07) is -0.467. The lowest BCUT2D eigenvalue weighted by atomic mass is 9.93. The van der Waals surface area contributed by atoms with Crippen LogP contribution in [0, 0.1) is 5.92 Å². The number of nitrogens with one attached hydrogen (secondary N) is 2. The number of rotatable bonds is 5. The third-order valence-corrected chi connectivity index (χ3v) is 3.07. The summed E-state index contributed by atoms with van der Waals surface area (Å²) in [7, 11) is 0. The van der Waals surface area contributed by atoms with Gasteiger partial charge >= 0.3 is 12.0 Å². The zero-order valence-electron chi connectivity index (χ0n) is 10.4. The molecule has 1 fully saturated rings. The molecule has 0 aromatic rings. The number of aliphatic carboxylic acids is 1. The van der Waals surface area contributed by atoms with Gasteiger partial charge in [0, 0.05) is 19.3 Å². The summed E-state index contributed by atoms with van der Waals surface area (Å²) < 4.78 is 5.23. The second-order valence-electron chi connectivity index (χ2n) is 4.45. The number of carbonyl (C=O) groups excluding carboxylic acids is 1. The van der Waals surface area contributed by atoms with E-state index in [0.29, 0.717) is 19.1 Å². The van der Waals surface area contributed by atoms with Crippen LogP contribution in [0.3, 0.4) is 0 Å². The first-order chi connectivity index (χ1) is 8.50. The number of carboxylic acids is 1. The van der Waals surface area contributed by atoms with Crippen molar-refractivity contribution in [3.63, 3.8) is 0 Å². The predicted octanol–water partition coefficient (Wildman–Crippen LogP) is -0.454. The van der Waals surface area contributed by atoms with Crippen molar-refractivity contribution < 1.29 is 24.5 Å². The minimum atomic E-state index is -1.57. The Balaban J connectivity index is 2.24. The molecule has 0 radical (unpaired) electrons. The zero-order chi connectivity index (χ0) is 13.5. The monoisotopic (exact) mass is 260 g/mol. The summed E-state index contributed by atoms with van der Waals surface area (Å²) in [4.78, 5) is 21.8. The molecular weight excluding hydrogens is 240 g/mol. The number of ether oxygens (including phenoxy) is 1. The highest BCUT2D eigenvalue weighted by molar-refractivity contribution is 5.76. The van der Waals surface area contributed by atoms with Crippen molar-refractivity contribution >= 4 is 12.0 Å². The minimum Gasteiger partial charge on any atom is -0.479 e. The van der Waals surface area contributed by atoms with Crippen molar-refractivity contribution in [1.82, 2.24) is 10.6 Å². The Bertz CT molecular complexity index is 291. The molecule has 1 heterocycles. The van der Waals surface area contributed by atoms with Crippen molar-refractivity contribution in [2.24, 2.45) is 5.92 Å². The van der Waals surface area contributed by atoms with Gasteiger partial charge in [0.1, 0.15) is 0 Å². The van der Waals surface area contributed by atoms with Gasteiger partial charge in [0.15, 0.2) is 6.10 Å². The van der Waals surface area contributed by atoms with E-state index in [0.717, 1.165) is 12.8 Å². The van der Waals surface area contributed by atoms with Crippen LogP contribution in [0.2, 0.25) is 0 Å². The lowest BCUT2D eigenvalue weighted by molar-refractivity contribution is -0.146. The smallest absolute Gasteiger partial charge is 0.334 e. The third-order valence-electron chi connectivity index (χ3n) is 3.07. The summed E-state index contributed by atoms with van der Waals surface area (Å²) in [6.07, 6.45) is 0.229. The molecule has 0 aromatic heterocycles. The average Bonchev–Trinajstić information content (AvgIpc) is 2.36. The first kappa shape index (κ1) is 14.7. The number of hydrogen-bond donors (Lipinski definition) is 4. The van der Waals surface area contributed by atoms with Crippen LogP contribution >= 0.6 is 0 Å². The summed E-state index contributed by atoms with van der Waals surface area (Å²) in [5.41, 5.74) is 0. The maximum Gasteiger partial charge on any atom is 0.334 e. The molecule has 1 rings (SSSR count). The van der Waals surface area contributed by atoms with Crippen LogP contribution in [-0.2, 0) is 9.53 Å². The van der Waals surface area contributed by atoms with E-state index in [1.807, 2.05) is 6.92 Å². The predicted molar refractivity (Wildman–Crippen MR) is 63.2 cm³/mol. The first-order valence-electron chi connectivity index (χ1n) is 6.03. The number of amides is 2. The molecule has 1 aliphatic rings. The molecule has 4 N–H and O–H groups in total. The van der Waals surface area contributed by atoms with Crippen molar-refractivity contribution in [2.45, 2.75) is 31.9 Å². The maximum absolute atomic E-state index is 11.5. The van der Waals surface area contributed by atoms with Gasteiger partial charge in [-0.2, -0.15) is 0 Å². The van der Waals surface area contributed by atoms with Crippen molar-refractivity contribution in [3.05, 3.63) is 0 Å².